The number of nitrogens with one attached hydrogen (secondary N) is 1. The normalized spacial score (nSPS) is 21.9. The lowest BCUT2D eigenvalue weighted by Gasteiger charge is -2.33. The van der Waals surface area contributed by atoms with Gasteiger partial charge in [-0.2, -0.15) is 0 Å². The molecule has 1 aromatic carbocycles. The van der Waals surface area contributed by atoms with Crippen LogP contribution in [-0.4, -0.2) is 25.6 Å². The summed E-state index contributed by atoms with van der Waals surface area (Å²) in [5, 5.41) is 4.49. The third-order valence-electron chi connectivity index (χ3n) is 6.66. The summed E-state index contributed by atoms with van der Waals surface area (Å²) in [6, 6.07) is 19.8. The van der Waals surface area contributed by atoms with Gasteiger partial charge in [0.15, 0.2) is 5.11 Å². The van der Waals surface area contributed by atoms with Crippen molar-refractivity contribution in [2.75, 3.05) is 0 Å². The average molecular weight is 417 g/mol. The monoisotopic (exact) mass is 416 g/mol. The van der Waals surface area contributed by atoms with Gasteiger partial charge in [0.05, 0.1) is 17.8 Å². The first kappa shape index (κ1) is 19.3. The minimum absolute atomic E-state index is 0.0593. The number of thiocarbonyl (C=S) groups is 1. The van der Waals surface area contributed by atoms with Crippen molar-refractivity contribution in [3.63, 3.8) is 0 Å². The number of hydrogen-bond donors (Lipinski definition) is 1. The molecule has 5 heteroatoms. The summed E-state index contributed by atoms with van der Waals surface area (Å²) in [4.78, 5) is 7.18. The zero-order valence-electron chi connectivity index (χ0n) is 17.6. The molecule has 3 aromatic rings. The SMILES string of the molecule is Cc1cc([C@@H]2[C@@H](c3ccccn3)NC(=S)N2C2CCCC2)c(C)n1-c1ccccc1. The maximum Gasteiger partial charge on any atom is 0.170 e. The van der Waals surface area contributed by atoms with E-state index in [1.807, 2.05) is 12.3 Å². The van der Waals surface area contributed by atoms with E-state index in [1.54, 1.807) is 0 Å². The third kappa shape index (κ3) is 3.21. The molecule has 2 atom stereocenters. The Morgan fingerprint density at radius 1 is 1.00 bits per heavy atom. The summed E-state index contributed by atoms with van der Waals surface area (Å²) in [6.07, 6.45) is 6.87. The van der Waals surface area contributed by atoms with Gasteiger partial charge in [-0.1, -0.05) is 37.1 Å². The molecule has 0 unspecified atom stereocenters. The lowest BCUT2D eigenvalue weighted by Crippen LogP contribution is -2.37. The van der Waals surface area contributed by atoms with Crippen LogP contribution in [0.5, 0.6) is 0 Å². The van der Waals surface area contributed by atoms with Crippen LogP contribution < -0.4 is 5.32 Å². The van der Waals surface area contributed by atoms with E-state index in [0.717, 1.165) is 10.8 Å². The first-order chi connectivity index (χ1) is 14.6. The first-order valence-corrected chi connectivity index (χ1v) is 11.3. The number of nitrogens with zero attached hydrogens (tertiary/aromatic N) is 3. The van der Waals surface area contributed by atoms with Crippen molar-refractivity contribution < 1.29 is 0 Å². The summed E-state index contributed by atoms with van der Waals surface area (Å²) in [5.41, 5.74) is 6.12. The van der Waals surface area contributed by atoms with Gasteiger partial charge in [0, 0.05) is 29.3 Å². The van der Waals surface area contributed by atoms with Crippen molar-refractivity contribution in [3.05, 3.63) is 83.4 Å². The quantitative estimate of drug-likeness (QED) is 0.577. The fourth-order valence-corrected chi connectivity index (χ4v) is 5.72. The van der Waals surface area contributed by atoms with Gasteiger partial charge in [0.2, 0.25) is 0 Å². The third-order valence-corrected chi connectivity index (χ3v) is 6.99. The van der Waals surface area contributed by atoms with Crippen molar-refractivity contribution in [1.29, 1.82) is 0 Å². The fourth-order valence-electron chi connectivity index (χ4n) is 5.34. The Balaban J connectivity index is 1.64. The van der Waals surface area contributed by atoms with Crippen LogP contribution in [0.25, 0.3) is 5.69 Å². The molecule has 30 heavy (non-hydrogen) atoms. The van der Waals surface area contributed by atoms with Crippen molar-refractivity contribution in [2.24, 2.45) is 0 Å². The topological polar surface area (TPSA) is 33.1 Å². The predicted octanol–water partition coefficient (Wildman–Crippen LogP) is 5.40. The molecular weight excluding hydrogens is 388 g/mol. The van der Waals surface area contributed by atoms with E-state index in [-0.39, 0.29) is 12.1 Å². The van der Waals surface area contributed by atoms with Gasteiger partial charge in [-0.3, -0.25) is 4.98 Å². The molecule has 0 amide bonds. The zero-order chi connectivity index (χ0) is 20.7. The predicted molar refractivity (Wildman–Crippen MR) is 125 cm³/mol. The summed E-state index contributed by atoms with van der Waals surface area (Å²) in [5.74, 6) is 0. The van der Waals surface area contributed by atoms with Crippen LogP contribution in [0.4, 0.5) is 0 Å². The van der Waals surface area contributed by atoms with Crippen molar-refractivity contribution in [2.45, 2.75) is 57.7 Å². The smallest absolute Gasteiger partial charge is 0.170 e. The maximum absolute atomic E-state index is 5.89. The van der Waals surface area contributed by atoms with Crippen LogP contribution in [0.15, 0.2) is 60.8 Å². The Labute approximate surface area is 183 Å². The molecule has 2 aliphatic rings. The maximum atomic E-state index is 5.89. The molecular formula is C25H28N4S. The van der Waals surface area contributed by atoms with E-state index in [4.69, 9.17) is 17.2 Å². The Morgan fingerprint density at radius 3 is 2.43 bits per heavy atom. The Morgan fingerprint density at radius 2 is 1.73 bits per heavy atom. The fraction of sp³-hybridized carbons (Fsp3) is 0.360. The number of para-hydroxylation sites is 1. The number of pyridine rings is 1. The molecule has 1 saturated carbocycles. The largest absolute Gasteiger partial charge is 0.352 e. The summed E-state index contributed by atoms with van der Waals surface area (Å²) in [6.45, 7) is 4.43. The van der Waals surface area contributed by atoms with E-state index in [9.17, 15) is 0 Å². The number of benzene rings is 1. The first-order valence-electron chi connectivity index (χ1n) is 10.9. The average Bonchev–Trinajstić information content (AvgIpc) is 3.47. The number of aromatic nitrogens is 2. The summed E-state index contributed by atoms with van der Waals surface area (Å²) >= 11 is 5.89. The van der Waals surface area contributed by atoms with Crippen LogP contribution in [0.1, 0.15) is 60.4 Å². The highest BCUT2D eigenvalue weighted by molar-refractivity contribution is 7.80. The molecule has 1 N–H and O–H groups in total. The van der Waals surface area contributed by atoms with Crippen LogP contribution >= 0.6 is 12.2 Å². The van der Waals surface area contributed by atoms with Gasteiger partial charge in [-0.25, -0.2) is 0 Å². The second-order valence-corrected chi connectivity index (χ2v) is 8.86. The summed E-state index contributed by atoms with van der Waals surface area (Å²) in [7, 11) is 0. The molecule has 2 aromatic heterocycles. The van der Waals surface area contributed by atoms with E-state index in [1.165, 1.54) is 48.3 Å². The number of aryl methyl sites for hydroxylation is 1. The highest BCUT2D eigenvalue weighted by atomic mass is 32.1. The number of rotatable bonds is 4. The molecule has 2 fully saturated rings. The van der Waals surface area contributed by atoms with Crippen molar-refractivity contribution in [3.8, 4) is 5.69 Å². The molecule has 4 nitrogen and oxygen atoms in total. The molecule has 1 saturated heterocycles. The molecule has 0 radical (unpaired) electrons. The van der Waals surface area contributed by atoms with Crippen LogP contribution in [0, 0.1) is 13.8 Å². The minimum Gasteiger partial charge on any atom is -0.352 e. The molecule has 1 aliphatic carbocycles. The molecule has 3 heterocycles. The lowest BCUT2D eigenvalue weighted by molar-refractivity contribution is 0.245. The molecule has 154 valence electrons. The van der Waals surface area contributed by atoms with Gasteiger partial charge in [-0.05, 0) is 74.8 Å². The van der Waals surface area contributed by atoms with Crippen molar-refractivity contribution >= 4 is 17.3 Å². The van der Waals surface area contributed by atoms with E-state index in [2.05, 4.69) is 77.2 Å². The number of hydrogen-bond acceptors (Lipinski definition) is 2. The minimum atomic E-state index is 0.0593. The molecule has 0 spiro atoms. The summed E-state index contributed by atoms with van der Waals surface area (Å²) < 4.78 is 2.36. The second-order valence-electron chi connectivity index (χ2n) is 8.47. The molecule has 5 rings (SSSR count). The van der Waals surface area contributed by atoms with Gasteiger partial charge >= 0.3 is 0 Å². The van der Waals surface area contributed by atoms with E-state index >= 15 is 0 Å². The Kier molecular flexibility index (Phi) is 5.07. The van der Waals surface area contributed by atoms with Crippen molar-refractivity contribution in [1.82, 2.24) is 19.8 Å². The second kappa shape index (κ2) is 7.88. The zero-order valence-corrected chi connectivity index (χ0v) is 18.4. The van der Waals surface area contributed by atoms with Crippen LogP contribution in [0.2, 0.25) is 0 Å². The highest BCUT2D eigenvalue weighted by Gasteiger charge is 2.44. The highest BCUT2D eigenvalue weighted by Crippen LogP contribution is 2.44. The molecule has 1 aliphatic heterocycles. The van der Waals surface area contributed by atoms with Gasteiger partial charge < -0.3 is 14.8 Å². The Hall–Kier alpha value is -2.66. The van der Waals surface area contributed by atoms with Gasteiger partial charge in [0.1, 0.15) is 0 Å². The van der Waals surface area contributed by atoms with E-state index < -0.39 is 0 Å². The molecule has 0 bridgehead atoms. The van der Waals surface area contributed by atoms with E-state index in [0.29, 0.717) is 6.04 Å². The van der Waals surface area contributed by atoms with Crippen LogP contribution in [0.3, 0.4) is 0 Å². The Bertz CT molecular complexity index is 1040. The lowest BCUT2D eigenvalue weighted by atomic mass is 9.95. The van der Waals surface area contributed by atoms with Gasteiger partial charge in [0.25, 0.3) is 0 Å². The standard InChI is InChI=1S/C25H28N4S/c1-17-16-21(18(2)28(17)19-10-4-3-5-11-19)24-23(22-14-8-9-15-26-22)27-25(30)29(24)20-12-6-7-13-20/h3-5,8-11,14-16,20,23-24H,6-7,12-13H2,1-2H3,(H,27,30)/t23-,24-/m1/s1. The van der Waals surface area contributed by atoms with Gasteiger partial charge in [-0.15, -0.1) is 0 Å². The van der Waals surface area contributed by atoms with Crippen LogP contribution in [-0.2, 0) is 0 Å².